The minimum atomic E-state index is 0.232. The van der Waals surface area contributed by atoms with Gasteiger partial charge in [0.15, 0.2) is 0 Å². The van der Waals surface area contributed by atoms with E-state index in [4.69, 9.17) is 0 Å². The zero-order chi connectivity index (χ0) is 13.2. The molecule has 3 rings (SSSR count). The van der Waals surface area contributed by atoms with Crippen molar-refractivity contribution in [1.29, 1.82) is 0 Å². The van der Waals surface area contributed by atoms with Crippen LogP contribution in [0.2, 0.25) is 0 Å². The monoisotopic (exact) mass is 252 g/mol. The molecular formula is C15H12N2O2. The highest BCUT2D eigenvalue weighted by Crippen LogP contribution is 2.33. The molecule has 2 aromatic rings. The number of nitrogens with one attached hydrogen (secondary N) is 1. The molecule has 94 valence electrons. The molecule has 1 aliphatic rings. The Morgan fingerprint density at radius 3 is 2.53 bits per heavy atom. The summed E-state index contributed by atoms with van der Waals surface area (Å²) < 4.78 is 0. The summed E-state index contributed by atoms with van der Waals surface area (Å²) in [6.45, 7) is 0. The van der Waals surface area contributed by atoms with Gasteiger partial charge in [-0.3, -0.25) is 10.2 Å². The molecule has 4 nitrogen and oxygen atoms in total. The fourth-order valence-corrected chi connectivity index (χ4v) is 2.16. The average molecular weight is 252 g/mol. The maximum atomic E-state index is 11.0. The molecule has 0 unspecified atom stereocenters. The fourth-order valence-electron chi connectivity index (χ4n) is 2.16. The molecule has 0 fully saturated rings. The number of anilines is 1. The van der Waals surface area contributed by atoms with Crippen LogP contribution in [0.1, 0.15) is 11.1 Å². The van der Waals surface area contributed by atoms with E-state index in [1.165, 1.54) is 5.01 Å². The Labute approximate surface area is 110 Å². The van der Waals surface area contributed by atoms with Crippen molar-refractivity contribution in [3.63, 3.8) is 0 Å². The number of fused-ring (bicyclic) bond motifs is 1. The molecule has 0 radical (unpaired) electrons. The summed E-state index contributed by atoms with van der Waals surface area (Å²) in [7, 11) is 0. The Balaban J connectivity index is 2.11. The topological polar surface area (TPSA) is 52.6 Å². The molecule has 19 heavy (non-hydrogen) atoms. The Morgan fingerprint density at radius 1 is 1.05 bits per heavy atom. The number of nitrogens with zero attached hydrogens (tertiary/aromatic N) is 1. The lowest BCUT2D eigenvalue weighted by Crippen LogP contribution is -2.36. The highest BCUT2D eigenvalue weighted by molar-refractivity contribution is 5.92. The van der Waals surface area contributed by atoms with E-state index >= 15 is 0 Å². The van der Waals surface area contributed by atoms with E-state index in [1.807, 2.05) is 36.4 Å². The molecule has 1 heterocycles. The van der Waals surface area contributed by atoms with Crippen LogP contribution in [-0.4, -0.2) is 11.5 Å². The molecule has 0 atom stereocenters. The first-order valence-corrected chi connectivity index (χ1v) is 5.89. The predicted octanol–water partition coefficient (Wildman–Crippen LogP) is 2.26. The first-order chi connectivity index (χ1) is 9.29. The zero-order valence-corrected chi connectivity index (χ0v) is 10.1. The van der Waals surface area contributed by atoms with Crippen LogP contribution in [0, 0.1) is 0 Å². The number of para-hydroxylation sites is 1. The minimum Gasteiger partial charge on any atom is -0.508 e. The van der Waals surface area contributed by atoms with Gasteiger partial charge in [0.1, 0.15) is 5.75 Å². The number of rotatable bonds is 2. The van der Waals surface area contributed by atoms with Gasteiger partial charge in [-0.1, -0.05) is 30.3 Å². The Bertz CT molecular complexity index is 647. The molecule has 0 saturated heterocycles. The smallest absolute Gasteiger partial charge is 0.232 e. The van der Waals surface area contributed by atoms with E-state index in [-0.39, 0.29) is 5.75 Å². The van der Waals surface area contributed by atoms with Gasteiger partial charge in [-0.25, -0.2) is 5.01 Å². The molecule has 0 spiro atoms. The number of carbonyl (C=O) groups is 1. The Kier molecular flexibility index (Phi) is 2.68. The van der Waals surface area contributed by atoms with Gasteiger partial charge in [-0.05, 0) is 23.8 Å². The molecule has 1 aliphatic heterocycles. The van der Waals surface area contributed by atoms with Gasteiger partial charge < -0.3 is 5.11 Å². The van der Waals surface area contributed by atoms with Gasteiger partial charge in [0.2, 0.25) is 6.41 Å². The molecule has 4 heteroatoms. The van der Waals surface area contributed by atoms with Crippen molar-refractivity contribution < 1.29 is 9.90 Å². The van der Waals surface area contributed by atoms with E-state index < -0.39 is 0 Å². The van der Waals surface area contributed by atoms with Crippen LogP contribution < -0.4 is 10.4 Å². The van der Waals surface area contributed by atoms with Crippen molar-refractivity contribution in [3.05, 3.63) is 65.9 Å². The summed E-state index contributed by atoms with van der Waals surface area (Å²) in [5, 5.41) is 10.8. The SMILES string of the molecule is O=CN1NC=C(c2ccc(O)cc2)c2ccccc21. The highest BCUT2D eigenvalue weighted by Gasteiger charge is 2.18. The largest absolute Gasteiger partial charge is 0.508 e. The molecular weight excluding hydrogens is 240 g/mol. The van der Waals surface area contributed by atoms with Crippen molar-refractivity contribution in [3.8, 4) is 5.75 Å². The van der Waals surface area contributed by atoms with Gasteiger partial charge in [0.05, 0.1) is 5.69 Å². The molecule has 0 saturated carbocycles. The van der Waals surface area contributed by atoms with Crippen LogP contribution in [0.25, 0.3) is 5.57 Å². The number of phenols is 1. The van der Waals surface area contributed by atoms with Gasteiger partial charge in [-0.2, -0.15) is 0 Å². The van der Waals surface area contributed by atoms with Gasteiger partial charge in [-0.15, -0.1) is 0 Å². The van der Waals surface area contributed by atoms with Crippen LogP contribution >= 0.6 is 0 Å². The van der Waals surface area contributed by atoms with Crippen LogP contribution in [-0.2, 0) is 4.79 Å². The van der Waals surface area contributed by atoms with E-state index in [9.17, 15) is 9.90 Å². The van der Waals surface area contributed by atoms with Crippen molar-refractivity contribution in [2.45, 2.75) is 0 Å². The first kappa shape index (κ1) is 11.3. The number of phenolic OH excluding ortho intramolecular Hbond substituents is 1. The number of carbonyl (C=O) groups excluding carboxylic acids is 1. The normalized spacial score (nSPS) is 13.3. The van der Waals surface area contributed by atoms with Crippen molar-refractivity contribution in [2.75, 3.05) is 5.01 Å². The number of amides is 1. The second-order valence-corrected chi connectivity index (χ2v) is 4.23. The maximum Gasteiger partial charge on any atom is 0.232 e. The Morgan fingerprint density at radius 2 is 1.79 bits per heavy atom. The molecule has 2 aromatic carbocycles. The van der Waals surface area contributed by atoms with Crippen molar-refractivity contribution in [1.82, 2.24) is 5.43 Å². The summed E-state index contributed by atoms with van der Waals surface area (Å²) in [6, 6.07) is 14.6. The lowest BCUT2D eigenvalue weighted by Gasteiger charge is -2.27. The second kappa shape index (κ2) is 4.49. The number of hydrogen-bond acceptors (Lipinski definition) is 3. The molecule has 2 N–H and O–H groups in total. The third-order valence-electron chi connectivity index (χ3n) is 3.09. The predicted molar refractivity (Wildman–Crippen MR) is 73.3 cm³/mol. The van der Waals surface area contributed by atoms with Crippen LogP contribution in [0.3, 0.4) is 0 Å². The minimum absolute atomic E-state index is 0.232. The Hall–Kier alpha value is -2.75. The summed E-state index contributed by atoms with van der Waals surface area (Å²) in [6.07, 6.45) is 2.52. The quantitative estimate of drug-likeness (QED) is 0.806. The summed E-state index contributed by atoms with van der Waals surface area (Å²) in [4.78, 5) is 11.0. The molecule has 0 bridgehead atoms. The van der Waals surface area contributed by atoms with Gasteiger partial charge >= 0.3 is 0 Å². The number of aromatic hydroxyl groups is 1. The molecule has 1 amide bonds. The van der Waals surface area contributed by atoms with E-state index in [0.29, 0.717) is 0 Å². The fraction of sp³-hybridized carbons (Fsp3) is 0. The standard InChI is InChI=1S/C15H12N2O2/c18-10-17-15-4-2-1-3-13(15)14(9-16-17)11-5-7-12(19)8-6-11/h1-10,16,19H. The second-order valence-electron chi connectivity index (χ2n) is 4.23. The maximum absolute atomic E-state index is 11.0. The van der Waals surface area contributed by atoms with Crippen LogP contribution in [0.5, 0.6) is 5.75 Å². The number of benzene rings is 2. The molecule has 0 aliphatic carbocycles. The summed E-state index contributed by atoms with van der Waals surface area (Å²) in [5.74, 6) is 0.232. The third-order valence-corrected chi connectivity index (χ3v) is 3.09. The van der Waals surface area contributed by atoms with Gasteiger partial charge in [0.25, 0.3) is 0 Å². The summed E-state index contributed by atoms with van der Waals surface area (Å²) >= 11 is 0. The molecule has 0 aromatic heterocycles. The van der Waals surface area contributed by atoms with Crippen LogP contribution in [0.15, 0.2) is 54.7 Å². The van der Waals surface area contributed by atoms with Crippen LogP contribution in [0.4, 0.5) is 5.69 Å². The van der Waals surface area contributed by atoms with E-state index in [0.717, 1.165) is 28.8 Å². The summed E-state index contributed by atoms with van der Waals surface area (Å²) in [5.41, 5.74) is 6.66. The zero-order valence-electron chi connectivity index (χ0n) is 10.1. The highest BCUT2D eigenvalue weighted by atomic mass is 16.3. The number of hydrazine groups is 1. The van der Waals surface area contributed by atoms with Crippen molar-refractivity contribution in [2.24, 2.45) is 0 Å². The van der Waals surface area contributed by atoms with Crippen molar-refractivity contribution >= 4 is 17.7 Å². The lowest BCUT2D eigenvalue weighted by atomic mass is 9.96. The third kappa shape index (κ3) is 1.93. The lowest BCUT2D eigenvalue weighted by molar-refractivity contribution is -0.107. The van der Waals surface area contributed by atoms with Gasteiger partial charge in [0, 0.05) is 17.3 Å². The van der Waals surface area contributed by atoms with E-state index in [1.54, 1.807) is 18.3 Å². The van der Waals surface area contributed by atoms with E-state index in [2.05, 4.69) is 5.43 Å². The average Bonchev–Trinajstić information content (AvgIpc) is 2.47. The first-order valence-electron chi connectivity index (χ1n) is 5.89. The number of hydrogen-bond donors (Lipinski definition) is 2.